The molecule has 0 aliphatic carbocycles. The molecule has 21 heavy (non-hydrogen) atoms. The molecule has 2 aromatic carbocycles. The third-order valence-electron chi connectivity index (χ3n) is 3.44. The maximum absolute atomic E-state index is 5.86. The number of hydrogen-bond acceptors (Lipinski definition) is 3. The van der Waals surface area contributed by atoms with E-state index in [9.17, 15) is 0 Å². The van der Waals surface area contributed by atoms with Crippen LogP contribution in [-0.2, 0) is 6.61 Å². The number of hydrogen-bond donors (Lipinski definition) is 1. The Morgan fingerprint density at radius 3 is 2.43 bits per heavy atom. The van der Waals surface area contributed by atoms with Gasteiger partial charge in [-0.1, -0.05) is 18.2 Å². The summed E-state index contributed by atoms with van der Waals surface area (Å²) < 4.78 is 12.0. The van der Waals surface area contributed by atoms with Crippen LogP contribution in [0.1, 0.15) is 24.1 Å². The fourth-order valence-corrected chi connectivity index (χ4v) is 2.46. The first kappa shape index (κ1) is 15.9. The first-order valence-electron chi connectivity index (χ1n) is 6.86. The lowest BCUT2D eigenvalue weighted by atomic mass is 10.1. The average molecular weight is 350 g/mol. The van der Waals surface area contributed by atoms with Crippen LogP contribution in [0.4, 0.5) is 0 Å². The van der Waals surface area contributed by atoms with Crippen molar-refractivity contribution >= 4 is 15.9 Å². The first-order chi connectivity index (χ1) is 10.1. The van der Waals surface area contributed by atoms with E-state index in [1.54, 1.807) is 7.11 Å². The van der Waals surface area contributed by atoms with E-state index in [1.165, 1.54) is 5.56 Å². The first-order valence-corrected chi connectivity index (χ1v) is 7.65. The van der Waals surface area contributed by atoms with Crippen molar-refractivity contribution in [3.63, 3.8) is 0 Å². The summed E-state index contributed by atoms with van der Waals surface area (Å²) in [6.45, 7) is 2.66. The smallest absolute Gasteiger partial charge is 0.134 e. The van der Waals surface area contributed by atoms with Gasteiger partial charge in [-0.3, -0.25) is 0 Å². The van der Waals surface area contributed by atoms with E-state index < -0.39 is 0 Å². The van der Waals surface area contributed by atoms with Gasteiger partial charge in [-0.2, -0.15) is 0 Å². The molecule has 1 N–H and O–H groups in total. The Morgan fingerprint density at radius 2 is 1.86 bits per heavy atom. The summed E-state index contributed by atoms with van der Waals surface area (Å²) in [5.41, 5.74) is 2.33. The van der Waals surface area contributed by atoms with Gasteiger partial charge in [0.05, 0.1) is 11.6 Å². The highest BCUT2D eigenvalue weighted by Gasteiger charge is 2.07. The highest BCUT2D eigenvalue weighted by atomic mass is 79.9. The molecule has 0 aromatic heterocycles. The zero-order valence-corrected chi connectivity index (χ0v) is 14.1. The van der Waals surface area contributed by atoms with Crippen molar-refractivity contribution in [2.75, 3.05) is 14.2 Å². The molecule has 0 heterocycles. The molecule has 0 bridgehead atoms. The van der Waals surface area contributed by atoms with Crippen LogP contribution in [0.25, 0.3) is 0 Å². The summed E-state index contributed by atoms with van der Waals surface area (Å²) in [5.74, 6) is 1.70. The quantitative estimate of drug-likeness (QED) is 0.842. The standard InChI is InChI=1S/C17H20BrNO2/c1-12(19-2)14-6-9-17(16(18)10-14)21-11-13-4-7-15(20-3)8-5-13/h4-10,12,19H,11H2,1-3H3. The maximum atomic E-state index is 5.86. The van der Waals surface area contributed by atoms with Crippen LogP contribution in [0.2, 0.25) is 0 Å². The number of rotatable bonds is 6. The van der Waals surface area contributed by atoms with Crippen LogP contribution in [-0.4, -0.2) is 14.2 Å². The molecule has 0 aliphatic rings. The van der Waals surface area contributed by atoms with Crippen LogP contribution in [0.15, 0.2) is 46.9 Å². The van der Waals surface area contributed by atoms with Crippen LogP contribution < -0.4 is 14.8 Å². The Kier molecular flexibility index (Phi) is 5.65. The van der Waals surface area contributed by atoms with Gasteiger partial charge in [-0.05, 0) is 65.3 Å². The van der Waals surface area contributed by atoms with Crippen molar-refractivity contribution in [1.29, 1.82) is 0 Å². The zero-order valence-electron chi connectivity index (χ0n) is 12.5. The normalized spacial score (nSPS) is 12.0. The van der Waals surface area contributed by atoms with Crippen molar-refractivity contribution < 1.29 is 9.47 Å². The van der Waals surface area contributed by atoms with Gasteiger partial charge >= 0.3 is 0 Å². The molecule has 2 aromatic rings. The monoisotopic (exact) mass is 349 g/mol. The van der Waals surface area contributed by atoms with Gasteiger partial charge in [-0.15, -0.1) is 0 Å². The lowest BCUT2D eigenvalue weighted by molar-refractivity contribution is 0.304. The van der Waals surface area contributed by atoms with E-state index in [1.807, 2.05) is 37.4 Å². The second kappa shape index (κ2) is 7.48. The SMILES string of the molecule is CNC(C)c1ccc(OCc2ccc(OC)cc2)c(Br)c1. The summed E-state index contributed by atoms with van der Waals surface area (Å²) >= 11 is 3.57. The van der Waals surface area contributed by atoms with Crippen molar-refractivity contribution in [2.45, 2.75) is 19.6 Å². The minimum Gasteiger partial charge on any atom is -0.497 e. The summed E-state index contributed by atoms with van der Waals surface area (Å²) in [4.78, 5) is 0. The molecule has 0 saturated heterocycles. The van der Waals surface area contributed by atoms with Gasteiger partial charge in [-0.25, -0.2) is 0 Å². The Hall–Kier alpha value is -1.52. The molecular weight excluding hydrogens is 330 g/mol. The Morgan fingerprint density at radius 1 is 1.14 bits per heavy atom. The van der Waals surface area contributed by atoms with Gasteiger partial charge in [0.15, 0.2) is 0 Å². The average Bonchev–Trinajstić information content (AvgIpc) is 2.53. The Balaban J connectivity index is 2.02. The van der Waals surface area contributed by atoms with Gasteiger partial charge in [0.2, 0.25) is 0 Å². The molecule has 2 rings (SSSR count). The van der Waals surface area contributed by atoms with E-state index in [4.69, 9.17) is 9.47 Å². The van der Waals surface area contributed by atoms with E-state index >= 15 is 0 Å². The molecule has 0 radical (unpaired) electrons. The topological polar surface area (TPSA) is 30.5 Å². The third-order valence-corrected chi connectivity index (χ3v) is 4.06. The zero-order chi connectivity index (χ0) is 15.2. The van der Waals surface area contributed by atoms with Crippen molar-refractivity contribution in [2.24, 2.45) is 0 Å². The highest BCUT2D eigenvalue weighted by Crippen LogP contribution is 2.29. The molecule has 1 atom stereocenters. The second-order valence-corrected chi connectivity index (χ2v) is 5.69. The lowest BCUT2D eigenvalue weighted by Crippen LogP contribution is -2.12. The molecule has 1 unspecified atom stereocenters. The fraction of sp³-hybridized carbons (Fsp3) is 0.294. The van der Waals surface area contributed by atoms with Crippen LogP contribution >= 0.6 is 15.9 Å². The van der Waals surface area contributed by atoms with E-state index in [-0.39, 0.29) is 0 Å². The predicted octanol–water partition coefficient (Wildman–Crippen LogP) is 4.32. The largest absolute Gasteiger partial charge is 0.497 e. The van der Waals surface area contributed by atoms with Crippen LogP contribution in [0.5, 0.6) is 11.5 Å². The summed E-state index contributed by atoms with van der Waals surface area (Å²) in [7, 11) is 3.61. The Bertz CT molecular complexity index is 584. The number of halogens is 1. The third kappa shape index (κ3) is 4.22. The summed E-state index contributed by atoms with van der Waals surface area (Å²) in [5, 5.41) is 3.22. The number of ether oxygens (including phenoxy) is 2. The van der Waals surface area contributed by atoms with Gasteiger partial charge in [0, 0.05) is 6.04 Å². The van der Waals surface area contributed by atoms with Gasteiger partial charge in [0.1, 0.15) is 18.1 Å². The van der Waals surface area contributed by atoms with Crippen LogP contribution in [0, 0.1) is 0 Å². The van der Waals surface area contributed by atoms with Gasteiger partial charge < -0.3 is 14.8 Å². The molecule has 0 fully saturated rings. The second-order valence-electron chi connectivity index (χ2n) is 4.84. The molecule has 112 valence electrons. The van der Waals surface area contributed by atoms with Crippen molar-refractivity contribution in [3.8, 4) is 11.5 Å². The molecule has 3 nitrogen and oxygen atoms in total. The molecule has 0 aliphatic heterocycles. The highest BCUT2D eigenvalue weighted by molar-refractivity contribution is 9.10. The summed E-state index contributed by atoms with van der Waals surface area (Å²) in [6.07, 6.45) is 0. The molecular formula is C17H20BrNO2. The minimum absolute atomic E-state index is 0.317. The van der Waals surface area contributed by atoms with E-state index in [0.29, 0.717) is 12.6 Å². The van der Waals surface area contributed by atoms with E-state index in [2.05, 4.69) is 40.3 Å². The van der Waals surface area contributed by atoms with Crippen molar-refractivity contribution in [1.82, 2.24) is 5.32 Å². The van der Waals surface area contributed by atoms with Crippen molar-refractivity contribution in [3.05, 3.63) is 58.1 Å². The number of methoxy groups -OCH3 is 1. The Labute approximate surface area is 134 Å². The number of benzene rings is 2. The lowest BCUT2D eigenvalue weighted by Gasteiger charge is -2.14. The fourth-order valence-electron chi connectivity index (χ4n) is 1.95. The van der Waals surface area contributed by atoms with Crippen LogP contribution in [0.3, 0.4) is 0 Å². The predicted molar refractivity (Wildman–Crippen MR) is 88.9 cm³/mol. The summed E-state index contributed by atoms with van der Waals surface area (Å²) in [6, 6.07) is 14.4. The van der Waals surface area contributed by atoms with E-state index in [0.717, 1.165) is 21.5 Å². The molecule has 0 spiro atoms. The minimum atomic E-state index is 0.317. The maximum Gasteiger partial charge on any atom is 0.134 e. The number of nitrogens with one attached hydrogen (secondary N) is 1. The molecule has 0 saturated carbocycles. The molecule has 4 heteroatoms. The van der Waals surface area contributed by atoms with Gasteiger partial charge in [0.25, 0.3) is 0 Å². The molecule has 0 amide bonds.